The minimum absolute atomic E-state index is 0.297. The van der Waals surface area contributed by atoms with E-state index in [4.69, 9.17) is 16.2 Å². The summed E-state index contributed by atoms with van der Waals surface area (Å²) in [6.07, 6.45) is 0. The molecule has 2 aromatic carbocycles. The smallest absolute Gasteiger partial charge is 0.257 e. The summed E-state index contributed by atoms with van der Waals surface area (Å²) < 4.78 is 5.46. The molecule has 0 unspecified atom stereocenters. The zero-order valence-electron chi connectivity index (χ0n) is 11.2. The van der Waals surface area contributed by atoms with Gasteiger partial charge in [-0.3, -0.25) is 4.79 Å². The highest BCUT2D eigenvalue weighted by atomic mass is 16.5. The third kappa shape index (κ3) is 3.00. The molecular weight excluding hydrogens is 254 g/mol. The molecule has 5 heteroatoms. The first-order chi connectivity index (χ1) is 9.61. The molecule has 0 heterocycles. The lowest BCUT2D eigenvalue weighted by Gasteiger charge is -2.12. The fourth-order valence-electron chi connectivity index (χ4n) is 1.83. The fraction of sp³-hybridized carbons (Fsp3) is 0.133. The molecule has 20 heavy (non-hydrogen) atoms. The van der Waals surface area contributed by atoms with E-state index in [1.165, 1.54) is 0 Å². The number of rotatable bonds is 4. The molecule has 0 fully saturated rings. The number of nitrogen functional groups attached to an aromatic ring is 2. The SMILES string of the molecule is CCOc1ccccc1NC(=O)c1ccc(N)cc1N. The van der Waals surface area contributed by atoms with Gasteiger partial charge in [0.25, 0.3) is 5.91 Å². The van der Waals surface area contributed by atoms with Crippen LogP contribution in [0.3, 0.4) is 0 Å². The average molecular weight is 271 g/mol. The number of carbonyl (C=O) groups excluding carboxylic acids is 1. The number of nitrogens with one attached hydrogen (secondary N) is 1. The van der Waals surface area contributed by atoms with Gasteiger partial charge in [0, 0.05) is 11.4 Å². The molecule has 5 N–H and O–H groups in total. The van der Waals surface area contributed by atoms with Gasteiger partial charge >= 0.3 is 0 Å². The lowest BCUT2D eigenvalue weighted by atomic mass is 10.1. The topological polar surface area (TPSA) is 90.4 Å². The minimum Gasteiger partial charge on any atom is -0.492 e. The Bertz CT molecular complexity index is 626. The summed E-state index contributed by atoms with van der Waals surface area (Å²) in [4.78, 5) is 12.2. The molecule has 2 rings (SSSR count). The van der Waals surface area contributed by atoms with Gasteiger partial charge in [-0.25, -0.2) is 0 Å². The summed E-state index contributed by atoms with van der Waals surface area (Å²) in [6.45, 7) is 2.41. The van der Waals surface area contributed by atoms with Gasteiger partial charge in [-0.15, -0.1) is 0 Å². The quantitative estimate of drug-likeness (QED) is 0.745. The molecule has 0 saturated heterocycles. The lowest BCUT2D eigenvalue weighted by Crippen LogP contribution is -2.15. The second-order valence-corrected chi connectivity index (χ2v) is 4.23. The van der Waals surface area contributed by atoms with Crippen LogP contribution in [0.1, 0.15) is 17.3 Å². The Morgan fingerprint density at radius 3 is 2.65 bits per heavy atom. The number of amides is 1. The summed E-state index contributed by atoms with van der Waals surface area (Å²) in [6, 6.07) is 12.0. The Hall–Kier alpha value is -2.69. The van der Waals surface area contributed by atoms with Crippen molar-refractivity contribution in [2.24, 2.45) is 0 Å². The Kier molecular flexibility index (Phi) is 4.10. The van der Waals surface area contributed by atoms with Crippen molar-refractivity contribution in [3.05, 3.63) is 48.0 Å². The Labute approximate surface area is 117 Å². The number of ether oxygens (including phenoxy) is 1. The van der Waals surface area contributed by atoms with Crippen LogP contribution < -0.4 is 21.5 Å². The molecule has 0 aliphatic heterocycles. The zero-order chi connectivity index (χ0) is 14.5. The summed E-state index contributed by atoms with van der Waals surface area (Å²) in [5.41, 5.74) is 13.3. The minimum atomic E-state index is -0.297. The molecule has 0 aliphatic carbocycles. The second kappa shape index (κ2) is 5.97. The average Bonchev–Trinajstić information content (AvgIpc) is 2.41. The van der Waals surface area contributed by atoms with Gasteiger partial charge in [-0.2, -0.15) is 0 Å². The van der Waals surface area contributed by atoms with Crippen LogP contribution in [-0.2, 0) is 0 Å². The van der Waals surface area contributed by atoms with Crippen molar-refractivity contribution in [1.82, 2.24) is 0 Å². The van der Waals surface area contributed by atoms with E-state index in [0.717, 1.165) is 0 Å². The Morgan fingerprint density at radius 1 is 1.20 bits per heavy atom. The molecule has 0 radical (unpaired) electrons. The van der Waals surface area contributed by atoms with Gasteiger partial charge in [-0.1, -0.05) is 12.1 Å². The molecule has 1 amide bonds. The van der Waals surface area contributed by atoms with Gasteiger partial charge in [0.2, 0.25) is 0 Å². The van der Waals surface area contributed by atoms with Crippen LogP contribution in [0, 0.1) is 0 Å². The van der Waals surface area contributed by atoms with E-state index < -0.39 is 0 Å². The molecule has 2 aromatic rings. The van der Waals surface area contributed by atoms with Crippen molar-refractivity contribution >= 4 is 23.0 Å². The van der Waals surface area contributed by atoms with Crippen molar-refractivity contribution in [2.75, 3.05) is 23.4 Å². The van der Waals surface area contributed by atoms with Gasteiger partial charge in [0.05, 0.1) is 17.9 Å². The van der Waals surface area contributed by atoms with E-state index in [0.29, 0.717) is 35.0 Å². The van der Waals surface area contributed by atoms with E-state index in [1.807, 2.05) is 19.1 Å². The normalized spacial score (nSPS) is 10.1. The van der Waals surface area contributed by atoms with Crippen molar-refractivity contribution < 1.29 is 9.53 Å². The number of carbonyl (C=O) groups is 1. The van der Waals surface area contributed by atoms with Crippen LogP contribution in [-0.4, -0.2) is 12.5 Å². The van der Waals surface area contributed by atoms with Crippen LogP contribution in [0.5, 0.6) is 5.75 Å². The lowest BCUT2D eigenvalue weighted by molar-refractivity contribution is 0.102. The third-order valence-corrected chi connectivity index (χ3v) is 2.76. The van der Waals surface area contributed by atoms with E-state index in [-0.39, 0.29) is 5.91 Å². The maximum atomic E-state index is 12.2. The van der Waals surface area contributed by atoms with Crippen molar-refractivity contribution in [1.29, 1.82) is 0 Å². The molecule has 0 spiro atoms. The molecule has 0 atom stereocenters. The summed E-state index contributed by atoms with van der Waals surface area (Å²) in [5, 5.41) is 2.79. The van der Waals surface area contributed by atoms with Crippen molar-refractivity contribution in [2.45, 2.75) is 6.92 Å². The van der Waals surface area contributed by atoms with Gasteiger partial charge < -0.3 is 21.5 Å². The number of anilines is 3. The molecule has 5 nitrogen and oxygen atoms in total. The first-order valence-corrected chi connectivity index (χ1v) is 6.30. The molecule has 0 saturated carbocycles. The van der Waals surface area contributed by atoms with Crippen molar-refractivity contribution in [3.63, 3.8) is 0 Å². The third-order valence-electron chi connectivity index (χ3n) is 2.76. The Morgan fingerprint density at radius 2 is 1.95 bits per heavy atom. The zero-order valence-corrected chi connectivity index (χ0v) is 11.2. The molecule has 0 aliphatic rings. The van der Waals surface area contributed by atoms with Crippen LogP contribution in [0.25, 0.3) is 0 Å². The van der Waals surface area contributed by atoms with E-state index in [1.54, 1.807) is 30.3 Å². The molecule has 104 valence electrons. The highest BCUT2D eigenvalue weighted by molar-refractivity contribution is 6.08. The first-order valence-electron chi connectivity index (χ1n) is 6.30. The van der Waals surface area contributed by atoms with E-state index in [2.05, 4.69) is 5.32 Å². The number of hydrogen-bond donors (Lipinski definition) is 3. The molecule has 0 aromatic heterocycles. The largest absolute Gasteiger partial charge is 0.492 e. The van der Waals surface area contributed by atoms with Crippen LogP contribution in [0.15, 0.2) is 42.5 Å². The monoisotopic (exact) mass is 271 g/mol. The maximum absolute atomic E-state index is 12.2. The van der Waals surface area contributed by atoms with Crippen LogP contribution in [0.4, 0.5) is 17.1 Å². The summed E-state index contributed by atoms with van der Waals surface area (Å²) >= 11 is 0. The highest BCUT2D eigenvalue weighted by Gasteiger charge is 2.12. The Balaban J connectivity index is 2.23. The standard InChI is InChI=1S/C15H17N3O2/c1-2-20-14-6-4-3-5-13(14)18-15(19)11-8-7-10(16)9-12(11)17/h3-9H,2,16-17H2,1H3,(H,18,19). The second-order valence-electron chi connectivity index (χ2n) is 4.23. The number of nitrogens with two attached hydrogens (primary N) is 2. The van der Waals surface area contributed by atoms with E-state index in [9.17, 15) is 4.79 Å². The maximum Gasteiger partial charge on any atom is 0.257 e. The van der Waals surface area contributed by atoms with Crippen molar-refractivity contribution in [3.8, 4) is 5.75 Å². The van der Waals surface area contributed by atoms with Gasteiger partial charge in [-0.05, 0) is 37.3 Å². The van der Waals surface area contributed by atoms with Crippen LogP contribution in [0.2, 0.25) is 0 Å². The highest BCUT2D eigenvalue weighted by Crippen LogP contribution is 2.25. The summed E-state index contributed by atoms with van der Waals surface area (Å²) in [7, 11) is 0. The number of para-hydroxylation sites is 2. The number of hydrogen-bond acceptors (Lipinski definition) is 4. The first kappa shape index (κ1) is 13.7. The molecular formula is C15H17N3O2. The molecule has 0 bridgehead atoms. The fourth-order valence-corrected chi connectivity index (χ4v) is 1.83. The van der Waals surface area contributed by atoms with Gasteiger partial charge in [0.1, 0.15) is 5.75 Å². The van der Waals surface area contributed by atoms with Crippen LogP contribution >= 0.6 is 0 Å². The van der Waals surface area contributed by atoms with Gasteiger partial charge in [0.15, 0.2) is 0 Å². The van der Waals surface area contributed by atoms with E-state index >= 15 is 0 Å². The number of benzene rings is 2. The predicted octanol–water partition coefficient (Wildman–Crippen LogP) is 2.50. The summed E-state index contributed by atoms with van der Waals surface area (Å²) in [5.74, 6) is 0.326. The predicted molar refractivity (Wildman–Crippen MR) is 80.8 cm³/mol.